The van der Waals surface area contributed by atoms with Gasteiger partial charge in [0.25, 0.3) is 0 Å². The van der Waals surface area contributed by atoms with Gasteiger partial charge >= 0.3 is 0 Å². The number of amides is 2. The van der Waals surface area contributed by atoms with E-state index in [1.165, 1.54) is 0 Å². The van der Waals surface area contributed by atoms with Crippen molar-refractivity contribution in [3.63, 3.8) is 0 Å². The van der Waals surface area contributed by atoms with Crippen LogP contribution in [0.1, 0.15) is 26.2 Å². The van der Waals surface area contributed by atoms with Crippen LogP contribution in [0.2, 0.25) is 0 Å². The van der Waals surface area contributed by atoms with Crippen LogP contribution in [0.4, 0.5) is 0 Å². The van der Waals surface area contributed by atoms with E-state index in [2.05, 4.69) is 0 Å². The summed E-state index contributed by atoms with van der Waals surface area (Å²) in [4.78, 5) is 23.7. The summed E-state index contributed by atoms with van der Waals surface area (Å²) in [5.74, 6) is -0.356. The molecule has 0 aromatic rings. The summed E-state index contributed by atoms with van der Waals surface area (Å²) in [7, 11) is 0. The van der Waals surface area contributed by atoms with Gasteiger partial charge in [0.15, 0.2) is 0 Å². The maximum atomic E-state index is 11.2. The standard InChI is InChI=1S/C8H14N2O2/c1-2-7(11)10-5-3-4-6(10)8(9)12/h6H,2-5H2,1H3,(H2,9,12)/t6-/m0/s1. The molecule has 1 atom stereocenters. The van der Waals surface area contributed by atoms with E-state index in [-0.39, 0.29) is 17.9 Å². The molecule has 0 radical (unpaired) electrons. The van der Waals surface area contributed by atoms with Gasteiger partial charge in [-0.15, -0.1) is 0 Å². The van der Waals surface area contributed by atoms with Crippen LogP contribution in [0, 0.1) is 0 Å². The van der Waals surface area contributed by atoms with Crippen molar-refractivity contribution in [3.05, 3.63) is 0 Å². The molecule has 4 nitrogen and oxygen atoms in total. The average molecular weight is 170 g/mol. The van der Waals surface area contributed by atoms with Crippen molar-refractivity contribution < 1.29 is 9.59 Å². The minimum atomic E-state index is -0.380. The molecule has 0 spiro atoms. The van der Waals surface area contributed by atoms with Crippen molar-refractivity contribution in [2.24, 2.45) is 5.73 Å². The lowest BCUT2D eigenvalue weighted by atomic mass is 10.2. The topological polar surface area (TPSA) is 63.4 Å². The zero-order chi connectivity index (χ0) is 9.14. The van der Waals surface area contributed by atoms with Gasteiger partial charge < -0.3 is 10.6 Å². The number of carbonyl (C=O) groups excluding carboxylic acids is 2. The molecule has 0 aromatic carbocycles. The molecule has 68 valence electrons. The highest BCUT2D eigenvalue weighted by molar-refractivity contribution is 5.87. The number of hydrogen-bond acceptors (Lipinski definition) is 2. The second-order valence-electron chi connectivity index (χ2n) is 3.00. The van der Waals surface area contributed by atoms with Crippen molar-refractivity contribution >= 4 is 11.8 Å². The fourth-order valence-electron chi connectivity index (χ4n) is 1.56. The smallest absolute Gasteiger partial charge is 0.240 e. The normalized spacial score (nSPS) is 22.8. The van der Waals surface area contributed by atoms with Crippen LogP contribution < -0.4 is 5.73 Å². The van der Waals surface area contributed by atoms with Crippen LogP contribution in [-0.2, 0) is 9.59 Å². The van der Waals surface area contributed by atoms with Crippen LogP contribution in [0.3, 0.4) is 0 Å². The summed E-state index contributed by atoms with van der Waals surface area (Å²) in [5.41, 5.74) is 5.15. The lowest BCUT2D eigenvalue weighted by Gasteiger charge is -2.21. The van der Waals surface area contributed by atoms with Gasteiger partial charge in [-0.1, -0.05) is 6.92 Å². The minimum Gasteiger partial charge on any atom is -0.368 e. The van der Waals surface area contributed by atoms with Crippen LogP contribution in [0.25, 0.3) is 0 Å². The van der Waals surface area contributed by atoms with E-state index in [0.717, 1.165) is 12.8 Å². The van der Waals surface area contributed by atoms with Crippen LogP contribution in [0.5, 0.6) is 0 Å². The summed E-state index contributed by atoms with van der Waals surface area (Å²) in [6.07, 6.45) is 2.06. The molecule has 1 saturated heterocycles. The first-order chi connectivity index (χ1) is 5.66. The van der Waals surface area contributed by atoms with Crippen molar-refractivity contribution in [1.29, 1.82) is 0 Å². The Hall–Kier alpha value is -1.06. The Kier molecular flexibility index (Phi) is 2.68. The molecule has 0 aromatic heterocycles. The van der Waals surface area contributed by atoms with Crippen LogP contribution in [-0.4, -0.2) is 29.3 Å². The molecule has 1 rings (SSSR count). The van der Waals surface area contributed by atoms with Crippen molar-refractivity contribution in [3.8, 4) is 0 Å². The fraction of sp³-hybridized carbons (Fsp3) is 0.750. The lowest BCUT2D eigenvalue weighted by molar-refractivity contribution is -0.137. The van der Waals surface area contributed by atoms with Gasteiger partial charge in [0, 0.05) is 13.0 Å². The lowest BCUT2D eigenvalue weighted by Crippen LogP contribution is -2.43. The Morgan fingerprint density at radius 1 is 1.58 bits per heavy atom. The van der Waals surface area contributed by atoms with Gasteiger partial charge in [-0.05, 0) is 12.8 Å². The number of primary amides is 1. The van der Waals surface area contributed by atoms with E-state index in [1.54, 1.807) is 11.8 Å². The second-order valence-corrected chi connectivity index (χ2v) is 3.00. The van der Waals surface area contributed by atoms with Crippen molar-refractivity contribution in [1.82, 2.24) is 4.90 Å². The maximum Gasteiger partial charge on any atom is 0.240 e. The molecule has 0 aliphatic carbocycles. The molecule has 0 saturated carbocycles. The Morgan fingerprint density at radius 3 is 2.75 bits per heavy atom. The quantitative estimate of drug-likeness (QED) is 0.627. The third-order valence-electron chi connectivity index (χ3n) is 2.20. The van der Waals surface area contributed by atoms with Crippen LogP contribution >= 0.6 is 0 Å². The highest BCUT2D eigenvalue weighted by atomic mass is 16.2. The second kappa shape index (κ2) is 3.56. The van der Waals surface area contributed by atoms with Gasteiger partial charge in [-0.3, -0.25) is 9.59 Å². The molecule has 0 bridgehead atoms. The molecular formula is C8H14N2O2. The summed E-state index contributed by atoms with van der Waals surface area (Å²) in [5, 5.41) is 0. The summed E-state index contributed by atoms with van der Waals surface area (Å²) < 4.78 is 0. The summed E-state index contributed by atoms with van der Waals surface area (Å²) >= 11 is 0. The molecule has 0 unspecified atom stereocenters. The molecule has 12 heavy (non-hydrogen) atoms. The Bertz CT molecular complexity index is 203. The SMILES string of the molecule is CCC(=O)N1CCC[C@H]1C(N)=O. The predicted molar refractivity (Wildman–Crippen MR) is 44.2 cm³/mol. The molecule has 1 heterocycles. The molecule has 1 aliphatic rings. The Balaban J connectivity index is 2.63. The molecule has 1 fully saturated rings. The van der Waals surface area contributed by atoms with Gasteiger partial charge in [0.05, 0.1) is 0 Å². The predicted octanol–water partition coefficient (Wildman–Crippen LogP) is -0.127. The number of carbonyl (C=O) groups is 2. The minimum absolute atomic E-state index is 0.0244. The number of hydrogen-bond donors (Lipinski definition) is 1. The zero-order valence-corrected chi connectivity index (χ0v) is 7.25. The average Bonchev–Trinajstić information content (AvgIpc) is 2.50. The van der Waals surface area contributed by atoms with Gasteiger partial charge in [0.2, 0.25) is 11.8 Å². The number of nitrogens with zero attached hydrogens (tertiary/aromatic N) is 1. The molecular weight excluding hydrogens is 156 g/mol. The summed E-state index contributed by atoms with van der Waals surface area (Å²) in [6.45, 7) is 2.47. The van der Waals surface area contributed by atoms with E-state index >= 15 is 0 Å². The number of likely N-dealkylation sites (tertiary alicyclic amines) is 1. The van der Waals surface area contributed by atoms with Gasteiger partial charge in [0.1, 0.15) is 6.04 Å². The van der Waals surface area contributed by atoms with E-state index in [4.69, 9.17) is 5.73 Å². The highest BCUT2D eigenvalue weighted by Crippen LogP contribution is 2.17. The molecule has 2 N–H and O–H groups in total. The zero-order valence-electron chi connectivity index (χ0n) is 7.25. The van der Waals surface area contributed by atoms with E-state index in [1.807, 2.05) is 0 Å². The van der Waals surface area contributed by atoms with Gasteiger partial charge in [-0.2, -0.15) is 0 Å². The number of nitrogens with two attached hydrogens (primary N) is 1. The Labute approximate surface area is 71.7 Å². The summed E-state index contributed by atoms with van der Waals surface area (Å²) in [6, 6.07) is -0.350. The molecule has 2 amide bonds. The first-order valence-electron chi connectivity index (χ1n) is 4.25. The maximum absolute atomic E-state index is 11.2. The van der Waals surface area contributed by atoms with E-state index in [0.29, 0.717) is 13.0 Å². The molecule has 4 heteroatoms. The third-order valence-corrected chi connectivity index (χ3v) is 2.20. The first kappa shape index (κ1) is 9.03. The fourth-order valence-corrected chi connectivity index (χ4v) is 1.56. The largest absolute Gasteiger partial charge is 0.368 e. The van der Waals surface area contributed by atoms with Gasteiger partial charge in [-0.25, -0.2) is 0 Å². The van der Waals surface area contributed by atoms with E-state index in [9.17, 15) is 9.59 Å². The van der Waals surface area contributed by atoms with Crippen LogP contribution in [0.15, 0.2) is 0 Å². The first-order valence-corrected chi connectivity index (χ1v) is 4.25. The third kappa shape index (κ3) is 1.57. The van der Waals surface area contributed by atoms with Crippen molar-refractivity contribution in [2.45, 2.75) is 32.2 Å². The monoisotopic (exact) mass is 170 g/mol. The Morgan fingerprint density at radius 2 is 2.25 bits per heavy atom. The van der Waals surface area contributed by atoms with Crippen molar-refractivity contribution in [2.75, 3.05) is 6.54 Å². The highest BCUT2D eigenvalue weighted by Gasteiger charge is 2.31. The molecule has 1 aliphatic heterocycles. The number of rotatable bonds is 2. The van der Waals surface area contributed by atoms with E-state index < -0.39 is 0 Å².